The molecule has 0 bridgehead atoms. The lowest BCUT2D eigenvalue weighted by molar-refractivity contribution is -0.125. The molecule has 26 heavy (non-hydrogen) atoms. The lowest BCUT2D eigenvalue weighted by Crippen LogP contribution is -2.48. The second-order valence-corrected chi connectivity index (χ2v) is 8.83. The van der Waals surface area contributed by atoms with E-state index in [0.29, 0.717) is 30.4 Å². The highest BCUT2D eigenvalue weighted by Gasteiger charge is 2.55. The molecule has 0 aromatic rings. The summed E-state index contributed by atoms with van der Waals surface area (Å²) in [7, 11) is 1.87. The Morgan fingerprint density at radius 2 is 2.12 bits per heavy atom. The van der Waals surface area contributed by atoms with Crippen LogP contribution in [-0.2, 0) is 9.53 Å². The molecule has 3 aliphatic rings. The number of hydrogen-bond acceptors (Lipinski definition) is 5. The first kappa shape index (κ1) is 19.0. The quantitative estimate of drug-likeness (QED) is 0.760. The number of nitrogens with zero attached hydrogens (tertiary/aromatic N) is 3. The van der Waals surface area contributed by atoms with E-state index in [0.717, 1.165) is 12.8 Å². The molecule has 0 aromatic carbocycles. The average Bonchev–Trinajstić information content (AvgIpc) is 3.17. The number of aliphatic imine (C=N–C) groups is 1. The molecule has 3 rings (SSSR count). The van der Waals surface area contributed by atoms with Crippen LogP contribution in [0.3, 0.4) is 0 Å². The average molecular weight is 383 g/mol. The van der Waals surface area contributed by atoms with Gasteiger partial charge in [0.15, 0.2) is 0 Å². The topological polar surface area (TPSA) is 74.2 Å². The van der Waals surface area contributed by atoms with Crippen molar-refractivity contribution in [2.24, 2.45) is 10.4 Å². The molecule has 1 N–H and O–H groups in total. The van der Waals surface area contributed by atoms with Gasteiger partial charge in [-0.3, -0.25) is 14.7 Å². The first-order chi connectivity index (χ1) is 12.1. The zero-order valence-corrected chi connectivity index (χ0v) is 16.6. The standard InChI is InChI=1S/C18H27ClN4O3/c1-17(2,3)26-16(25)23-11-18(5-6-18)9-13(23)15(24)21-10-12-14(19)22(4)8-7-20-12/h7,13H,5-6,8-11H2,1-4H3,(H,21,24)/t13-/m0/s1. The molecule has 2 fully saturated rings. The van der Waals surface area contributed by atoms with Gasteiger partial charge in [-0.05, 0) is 45.4 Å². The van der Waals surface area contributed by atoms with Crippen LogP contribution in [-0.4, -0.2) is 66.3 Å². The molecule has 2 amide bonds. The Kier molecular flexibility index (Phi) is 4.94. The van der Waals surface area contributed by atoms with E-state index in [1.807, 2.05) is 32.7 Å². The Bertz CT molecular complexity index is 664. The zero-order valence-electron chi connectivity index (χ0n) is 15.8. The highest BCUT2D eigenvalue weighted by Crippen LogP contribution is 2.55. The Hall–Kier alpha value is -1.76. The van der Waals surface area contributed by atoms with Crippen molar-refractivity contribution in [3.05, 3.63) is 10.9 Å². The molecule has 1 spiro atoms. The fourth-order valence-electron chi connectivity index (χ4n) is 3.38. The monoisotopic (exact) mass is 382 g/mol. The Labute approximate surface area is 159 Å². The van der Waals surface area contributed by atoms with Gasteiger partial charge >= 0.3 is 6.09 Å². The Morgan fingerprint density at radius 1 is 1.42 bits per heavy atom. The smallest absolute Gasteiger partial charge is 0.410 e. The molecule has 2 aliphatic heterocycles. The van der Waals surface area contributed by atoms with E-state index < -0.39 is 17.7 Å². The van der Waals surface area contributed by atoms with Crippen LogP contribution in [0.1, 0.15) is 40.0 Å². The maximum Gasteiger partial charge on any atom is 0.410 e. The summed E-state index contributed by atoms with van der Waals surface area (Å²) < 4.78 is 5.50. The van der Waals surface area contributed by atoms with Crippen LogP contribution < -0.4 is 5.32 Å². The molecular formula is C18H27ClN4O3. The fourth-order valence-corrected chi connectivity index (χ4v) is 3.56. The van der Waals surface area contributed by atoms with E-state index in [9.17, 15) is 9.59 Å². The lowest BCUT2D eigenvalue weighted by atomic mass is 10.0. The highest BCUT2D eigenvalue weighted by atomic mass is 35.5. The molecule has 8 heteroatoms. The normalized spacial score (nSPS) is 24.3. The Morgan fingerprint density at radius 3 is 2.73 bits per heavy atom. The number of hydrogen-bond donors (Lipinski definition) is 1. The second-order valence-electron chi connectivity index (χ2n) is 8.48. The summed E-state index contributed by atoms with van der Waals surface area (Å²) in [6.07, 6.45) is 4.14. The minimum atomic E-state index is -0.586. The SMILES string of the molecule is CN1CC=NC(CNC(=O)[C@@H]2CC3(CC3)CN2C(=O)OC(C)(C)C)=C1Cl. The van der Waals surface area contributed by atoms with Crippen molar-refractivity contribution in [1.29, 1.82) is 0 Å². The third-order valence-electron chi connectivity index (χ3n) is 5.00. The number of nitrogens with one attached hydrogen (secondary N) is 1. The number of halogens is 1. The van der Waals surface area contributed by atoms with Crippen LogP contribution in [0, 0.1) is 5.41 Å². The van der Waals surface area contributed by atoms with E-state index in [1.165, 1.54) is 0 Å². The summed E-state index contributed by atoms with van der Waals surface area (Å²) in [5.74, 6) is -0.181. The van der Waals surface area contributed by atoms with Crippen molar-refractivity contribution in [3.63, 3.8) is 0 Å². The maximum absolute atomic E-state index is 12.8. The molecule has 1 atom stereocenters. The molecule has 7 nitrogen and oxygen atoms in total. The van der Waals surface area contributed by atoms with Crippen molar-refractivity contribution in [2.75, 3.05) is 26.7 Å². The third-order valence-corrected chi connectivity index (χ3v) is 5.51. The highest BCUT2D eigenvalue weighted by molar-refractivity contribution is 6.29. The zero-order chi connectivity index (χ0) is 19.1. The number of rotatable bonds is 3. The predicted octanol–water partition coefficient (Wildman–Crippen LogP) is 2.32. The van der Waals surface area contributed by atoms with E-state index in [-0.39, 0.29) is 17.9 Å². The molecule has 1 saturated carbocycles. The van der Waals surface area contributed by atoms with Gasteiger partial charge in [0.1, 0.15) is 16.8 Å². The van der Waals surface area contributed by atoms with Crippen LogP contribution in [0.25, 0.3) is 0 Å². The summed E-state index contributed by atoms with van der Waals surface area (Å²) in [4.78, 5) is 33.0. The predicted molar refractivity (Wildman–Crippen MR) is 100 cm³/mol. The minimum Gasteiger partial charge on any atom is -0.444 e. The van der Waals surface area contributed by atoms with Crippen LogP contribution in [0.2, 0.25) is 0 Å². The van der Waals surface area contributed by atoms with Gasteiger partial charge in [-0.1, -0.05) is 11.6 Å². The van der Waals surface area contributed by atoms with Crippen molar-refractivity contribution >= 4 is 29.8 Å². The molecule has 1 saturated heterocycles. The van der Waals surface area contributed by atoms with Gasteiger partial charge < -0.3 is 15.0 Å². The molecule has 0 radical (unpaired) electrons. The van der Waals surface area contributed by atoms with E-state index in [4.69, 9.17) is 16.3 Å². The van der Waals surface area contributed by atoms with Crippen LogP contribution in [0.5, 0.6) is 0 Å². The lowest BCUT2D eigenvalue weighted by Gasteiger charge is -2.28. The van der Waals surface area contributed by atoms with Crippen molar-refractivity contribution in [3.8, 4) is 0 Å². The third kappa shape index (κ3) is 4.14. The van der Waals surface area contributed by atoms with Gasteiger partial charge in [-0.25, -0.2) is 4.79 Å². The number of carbonyl (C=O) groups is 2. The van der Waals surface area contributed by atoms with Crippen molar-refractivity contribution < 1.29 is 14.3 Å². The molecule has 1 aliphatic carbocycles. The largest absolute Gasteiger partial charge is 0.444 e. The van der Waals surface area contributed by atoms with E-state index in [2.05, 4.69) is 10.3 Å². The second kappa shape index (κ2) is 6.76. The number of ether oxygens (including phenoxy) is 1. The summed E-state index contributed by atoms with van der Waals surface area (Å²) in [5.41, 5.74) is 0.132. The van der Waals surface area contributed by atoms with Crippen LogP contribution in [0.15, 0.2) is 15.8 Å². The van der Waals surface area contributed by atoms with Gasteiger partial charge in [-0.2, -0.15) is 0 Å². The number of likely N-dealkylation sites (tertiary alicyclic amines) is 1. The van der Waals surface area contributed by atoms with E-state index in [1.54, 1.807) is 11.1 Å². The van der Waals surface area contributed by atoms with Gasteiger partial charge in [0, 0.05) is 19.8 Å². The Balaban J connectivity index is 1.65. The fraction of sp³-hybridized carbons (Fsp3) is 0.722. The number of carbonyl (C=O) groups excluding carboxylic acids is 2. The van der Waals surface area contributed by atoms with E-state index >= 15 is 0 Å². The summed E-state index contributed by atoms with van der Waals surface area (Å²) in [6.45, 7) is 6.96. The summed E-state index contributed by atoms with van der Waals surface area (Å²) in [6, 6.07) is -0.503. The minimum absolute atomic E-state index is 0.0963. The number of amides is 2. The van der Waals surface area contributed by atoms with Crippen LogP contribution >= 0.6 is 11.6 Å². The van der Waals surface area contributed by atoms with Gasteiger partial charge in [-0.15, -0.1) is 0 Å². The molecule has 144 valence electrons. The summed E-state index contributed by atoms with van der Waals surface area (Å²) >= 11 is 6.24. The van der Waals surface area contributed by atoms with Gasteiger partial charge in [0.05, 0.1) is 18.8 Å². The molecule has 0 unspecified atom stereocenters. The first-order valence-corrected chi connectivity index (χ1v) is 9.38. The maximum atomic E-state index is 12.8. The molecule has 2 heterocycles. The van der Waals surface area contributed by atoms with Gasteiger partial charge in [0.25, 0.3) is 0 Å². The van der Waals surface area contributed by atoms with Crippen molar-refractivity contribution in [1.82, 2.24) is 15.1 Å². The molecular weight excluding hydrogens is 356 g/mol. The first-order valence-electron chi connectivity index (χ1n) is 9.00. The summed E-state index contributed by atoms with van der Waals surface area (Å²) in [5, 5.41) is 3.42. The van der Waals surface area contributed by atoms with Gasteiger partial charge in [0.2, 0.25) is 5.91 Å². The van der Waals surface area contributed by atoms with Crippen molar-refractivity contribution in [2.45, 2.75) is 51.7 Å². The molecule has 0 aromatic heterocycles. The van der Waals surface area contributed by atoms with Crippen LogP contribution in [0.4, 0.5) is 4.79 Å².